The summed E-state index contributed by atoms with van der Waals surface area (Å²) in [7, 11) is 0. The monoisotopic (exact) mass is 355 g/mol. The SMILES string of the molecule is O=C1C(=NCc2ccccc2)N(c2ccccc2)C(=O)N1c1ccccc1. The van der Waals surface area contributed by atoms with Gasteiger partial charge in [0.2, 0.25) is 5.84 Å². The Labute approximate surface area is 157 Å². The second-order valence-electron chi connectivity index (χ2n) is 6.06. The van der Waals surface area contributed by atoms with Crippen LogP contribution in [-0.2, 0) is 11.3 Å². The molecule has 0 aliphatic carbocycles. The van der Waals surface area contributed by atoms with E-state index >= 15 is 0 Å². The van der Waals surface area contributed by atoms with Crippen molar-refractivity contribution in [2.24, 2.45) is 4.99 Å². The molecule has 0 aromatic heterocycles. The highest BCUT2D eigenvalue weighted by Crippen LogP contribution is 2.27. The summed E-state index contributed by atoms with van der Waals surface area (Å²) < 4.78 is 0. The number of benzene rings is 3. The predicted octanol–water partition coefficient (Wildman–Crippen LogP) is 4.26. The first-order valence-corrected chi connectivity index (χ1v) is 8.63. The largest absolute Gasteiger partial charge is 0.342 e. The van der Waals surface area contributed by atoms with Gasteiger partial charge in [0.25, 0.3) is 0 Å². The molecule has 1 aliphatic heterocycles. The second kappa shape index (κ2) is 7.25. The molecule has 4 rings (SSSR count). The van der Waals surface area contributed by atoms with Gasteiger partial charge in [0.05, 0.1) is 17.9 Å². The number of anilines is 2. The number of aliphatic imine (C=N–C) groups is 1. The van der Waals surface area contributed by atoms with E-state index in [0.717, 1.165) is 10.5 Å². The van der Waals surface area contributed by atoms with Crippen LogP contribution in [0.1, 0.15) is 5.56 Å². The van der Waals surface area contributed by atoms with Gasteiger partial charge in [0, 0.05) is 0 Å². The number of hydrogen-bond acceptors (Lipinski definition) is 3. The predicted molar refractivity (Wildman–Crippen MR) is 106 cm³/mol. The van der Waals surface area contributed by atoms with Crippen LogP contribution in [0.2, 0.25) is 0 Å². The van der Waals surface area contributed by atoms with Crippen molar-refractivity contribution in [3.05, 3.63) is 96.6 Å². The van der Waals surface area contributed by atoms with E-state index in [2.05, 4.69) is 4.99 Å². The molecule has 1 fully saturated rings. The average molecular weight is 355 g/mol. The quantitative estimate of drug-likeness (QED) is 0.657. The first-order valence-electron chi connectivity index (χ1n) is 8.63. The molecule has 0 unspecified atom stereocenters. The van der Waals surface area contributed by atoms with Crippen molar-refractivity contribution in [2.75, 3.05) is 9.80 Å². The summed E-state index contributed by atoms with van der Waals surface area (Å²) >= 11 is 0. The van der Waals surface area contributed by atoms with Crippen molar-refractivity contribution in [2.45, 2.75) is 6.54 Å². The Hall–Kier alpha value is -3.73. The van der Waals surface area contributed by atoms with Crippen LogP contribution in [-0.4, -0.2) is 17.8 Å². The zero-order valence-corrected chi connectivity index (χ0v) is 14.5. The molecule has 0 bridgehead atoms. The van der Waals surface area contributed by atoms with Gasteiger partial charge in [-0.2, -0.15) is 0 Å². The molecule has 0 spiro atoms. The molecule has 27 heavy (non-hydrogen) atoms. The van der Waals surface area contributed by atoms with E-state index in [-0.39, 0.29) is 5.84 Å². The second-order valence-corrected chi connectivity index (χ2v) is 6.06. The first kappa shape index (κ1) is 16.7. The third kappa shape index (κ3) is 3.22. The number of hydrogen-bond donors (Lipinski definition) is 0. The van der Waals surface area contributed by atoms with Crippen LogP contribution >= 0.6 is 0 Å². The summed E-state index contributed by atoms with van der Waals surface area (Å²) in [5.74, 6) is -0.301. The molecule has 1 heterocycles. The van der Waals surface area contributed by atoms with Crippen LogP contribution in [0.25, 0.3) is 0 Å². The van der Waals surface area contributed by atoms with Gasteiger partial charge in [0.15, 0.2) is 0 Å². The Kier molecular flexibility index (Phi) is 4.49. The van der Waals surface area contributed by atoms with Crippen molar-refractivity contribution in [3.63, 3.8) is 0 Å². The zero-order valence-electron chi connectivity index (χ0n) is 14.5. The summed E-state index contributed by atoms with van der Waals surface area (Å²) in [5.41, 5.74) is 2.11. The lowest BCUT2D eigenvalue weighted by molar-refractivity contribution is -0.111. The molecule has 1 aliphatic rings. The Morgan fingerprint density at radius 1 is 0.630 bits per heavy atom. The maximum absolute atomic E-state index is 13.1. The fraction of sp³-hybridized carbons (Fsp3) is 0.0455. The van der Waals surface area contributed by atoms with Gasteiger partial charge in [-0.15, -0.1) is 0 Å². The normalized spacial score (nSPS) is 15.6. The van der Waals surface area contributed by atoms with E-state index in [1.807, 2.05) is 54.6 Å². The lowest BCUT2D eigenvalue weighted by Gasteiger charge is -2.16. The van der Waals surface area contributed by atoms with Crippen LogP contribution in [0.3, 0.4) is 0 Å². The van der Waals surface area contributed by atoms with Crippen molar-refractivity contribution >= 4 is 29.1 Å². The van der Waals surface area contributed by atoms with Crippen molar-refractivity contribution in [1.82, 2.24) is 0 Å². The van der Waals surface area contributed by atoms with Gasteiger partial charge < -0.3 is 0 Å². The number of imide groups is 1. The Morgan fingerprint density at radius 3 is 1.67 bits per heavy atom. The summed E-state index contributed by atoms with van der Waals surface area (Å²) in [4.78, 5) is 33.2. The number of rotatable bonds is 4. The van der Waals surface area contributed by atoms with Crippen LogP contribution in [0.4, 0.5) is 16.2 Å². The van der Waals surface area contributed by atoms with Gasteiger partial charge in [-0.3, -0.25) is 9.79 Å². The Morgan fingerprint density at radius 2 is 1.11 bits per heavy atom. The van der Waals surface area contributed by atoms with Gasteiger partial charge >= 0.3 is 11.9 Å². The molecule has 5 heteroatoms. The van der Waals surface area contributed by atoms with Crippen molar-refractivity contribution in [1.29, 1.82) is 0 Å². The fourth-order valence-corrected chi connectivity index (χ4v) is 2.98. The molecule has 5 nitrogen and oxygen atoms in total. The lowest BCUT2D eigenvalue weighted by atomic mass is 10.2. The highest BCUT2D eigenvalue weighted by molar-refractivity contribution is 6.61. The van der Waals surface area contributed by atoms with E-state index in [4.69, 9.17) is 0 Å². The standard InChI is InChI=1S/C22H17N3O2/c26-21-20(23-16-17-10-4-1-5-11-17)24(18-12-6-2-7-13-18)22(27)25(21)19-14-8-3-9-15-19/h1-15H,16H2. The highest BCUT2D eigenvalue weighted by atomic mass is 16.2. The van der Waals surface area contributed by atoms with E-state index < -0.39 is 11.9 Å². The molecular formula is C22H17N3O2. The minimum absolute atomic E-state index is 0.124. The summed E-state index contributed by atoms with van der Waals surface area (Å²) in [5, 5.41) is 0. The highest BCUT2D eigenvalue weighted by Gasteiger charge is 2.44. The van der Waals surface area contributed by atoms with Crippen LogP contribution in [0.15, 0.2) is 96.0 Å². The van der Waals surface area contributed by atoms with Crippen LogP contribution < -0.4 is 9.80 Å². The fourth-order valence-electron chi connectivity index (χ4n) is 2.98. The molecule has 1 saturated heterocycles. The number of amidine groups is 1. The molecule has 3 aromatic carbocycles. The minimum Gasteiger partial charge on any atom is -0.265 e. The van der Waals surface area contributed by atoms with Crippen LogP contribution in [0.5, 0.6) is 0 Å². The average Bonchev–Trinajstić information content (AvgIpc) is 2.98. The molecule has 3 aromatic rings. The molecule has 0 N–H and O–H groups in total. The number of nitrogens with zero attached hydrogens (tertiary/aromatic N) is 3. The van der Waals surface area contributed by atoms with Crippen LogP contribution in [0, 0.1) is 0 Å². The van der Waals surface area contributed by atoms with E-state index in [0.29, 0.717) is 17.9 Å². The van der Waals surface area contributed by atoms with Crippen molar-refractivity contribution in [3.8, 4) is 0 Å². The number of para-hydroxylation sites is 2. The maximum atomic E-state index is 13.1. The Balaban J connectivity index is 1.76. The van der Waals surface area contributed by atoms with Gasteiger partial charge in [-0.25, -0.2) is 14.6 Å². The molecule has 132 valence electrons. The number of carbonyl (C=O) groups is 2. The number of carbonyl (C=O) groups excluding carboxylic acids is 2. The molecule has 0 saturated carbocycles. The molecule has 3 amide bonds. The van der Waals surface area contributed by atoms with E-state index in [1.54, 1.807) is 36.4 Å². The van der Waals surface area contributed by atoms with Crippen molar-refractivity contribution < 1.29 is 9.59 Å². The lowest BCUT2D eigenvalue weighted by Crippen LogP contribution is -2.33. The summed E-state index contributed by atoms with van der Waals surface area (Å²) in [6.45, 7) is 0.321. The van der Waals surface area contributed by atoms with E-state index in [9.17, 15) is 9.59 Å². The smallest absolute Gasteiger partial charge is 0.265 e. The molecule has 0 radical (unpaired) electrons. The van der Waals surface area contributed by atoms with Gasteiger partial charge in [-0.05, 0) is 29.8 Å². The van der Waals surface area contributed by atoms with E-state index in [1.165, 1.54) is 4.90 Å². The summed E-state index contributed by atoms with van der Waals surface area (Å²) in [6, 6.07) is 27.2. The van der Waals surface area contributed by atoms with Gasteiger partial charge in [-0.1, -0.05) is 66.7 Å². The first-order chi connectivity index (χ1) is 13.3. The van der Waals surface area contributed by atoms with Gasteiger partial charge in [0.1, 0.15) is 0 Å². The molecule has 0 atom stereocenters. The maximum Gasteiger partial charge on any atom is 0.342 e. The summed E-state index contributed by atoms with van der Waals surface area (Å²) in [6.07, 6.45) is 0. The minimum atomic E-state index is -0.427. The third-order valence-electron chi connectivity index (χ3n) is 4.27. The third-order valence-corrected chi connectivity index (χ3v) is 4.27. The number of amides is 3. The Bertz CT molecular complexity index is 986. The molecular weight excluding hydrogens is 338 g/mol. The number of urea groups is 1. The topological polar surface area (TPSA) is 53.0 Å². The zero-order chi connectivity index (χ0) is 18.6.